The van der Waals surface area contributed by atoms with Gasteiger partial charge in [-0.15, -0.1) is 0 Å². The minimum Gasteiger partial charge on any atom is -0.361 e. The maximum atomic E-state index is 10.6. The van der Waals surface area contributed by atoms with Gasteiger partial charge in [0, 0.05) is 23.5 Å². The van der Waals surface area contributed by atoms with E-state index < -0.39 is 0 Å². The summed E-state index contributed by atoms with van der Waals surface area (Å²) in [5.74, 6) is 0. The first-order valence-electron chi connectivity index (χ1n) is 5.31. The summed E-state index contributed by atoms with van der Waals surface area (Å²) in [6, 6.07) is 12.4. The van der Waals surface area contributed by atoms with E-state index in [-0.39, 0.29) is 0 Å². The highest BCUT2D eigenvalue weighted by Crippen LogP contribution is 2.27. The number of carbonyl (C=O) groups is 1. The lowest BCUT2D eigenvalue weighted by molar-refractivity contribution is -0.107. The molecule has 0 radical (unpaired) electrons. The van der Waals surface area contributed by atoms with Crippen LogP contribution in [0.4, 0.5) is 0 Å². The highest BCUT2D eigenvalue weighted by atomic mass is 16.1. The highest BCUT2D eigenvalue weighted by Gasteiger charge is 2.06. The number of hydrogen-bond donors (Lipinski definition) is 1. The van der Waals surface area contributed by atoms with Crippen molar-refractivity contribution in [3.05, 3.63) is 48.2 Å². The van der Waals surface area contributed by atoms with Gasteiger partial charge in [0.1, 0.15) is 6.29 Å². The number of benzene rings is 2. The zero-order valence-corrected chi connectivity index (χ0v) is 8.73. The molecule has 0 fully saturated rings. The van der Waals surface area contributed by atoms with Gasteiger partial charge in [0.25, 0.3) is 0 Å². The fraction of sp³-hybridized carbons (Fsp3) is 0.0714. The number of H-pyrrole nitrogens is 1. The Hall–Kier alpha value is -2.09. The molecule has 0 saturated heterocycles. The molecule has 0 bridgehead atoms. The van der Waals surface area contributed by atoms with E-state index >= 15 is 0 Å². The van der Waals surface area contributed by atoms with Gasteiger partial charge in [-0.1, -0.05) is 30.3 Å². The SMILES string of the molecule is O=CCc1c[nH]c2ccc3ccccc3c12. The standard InChI is InChI=1S/C14H11NO/c16-8-7-11-9-15-13-6-5-10-3-1-2-4-12(10)14(11)13/h1-6,8-9,15H,7H2. The first-order valence-corrected chi connectivity index (χ1v) is 5.31. The van der Waals surface area contributed by atoms with Gasteiger partial charge in [-0.2, -0.15) is 0 Å². The number of fused-ring (bicyclic) bond motifs is 3. The van der Waals surface area contributed by atoms with Crippen molar-refractivity contribution in [2.75, 3.05) is 0 Å². The highest BCUT2D eigenvalue weighted by molar-refractivity contribution is 6.08. The van der Waals surface area contributed by atoms with Gasteiger partial charge < -0.3 is 9.78 Å². The first-order chi connectivity index (χ1) is 7.90. The van der Waals surface area contributed by atoms with E-state index in [4.69, 9.17) is 0 Å². The zero-order valence-electron chi connectivity index (χ0n) is 8.73. The van der Waals surface area contributed by atoms with Crippen molar-refractivity contribution < 1.29 is 4.79 Å². The van der Waals surface area contributed by atoms with Crippen LogP contribution in [-0.2, 0) is 11.2 Å². The van der Waals surface area contributed by atoms with Crippen LogP contribution in [0.25, 0.3) is 21.7 Å². The molecule has 0 atom stereocenters. The molecule has 0 aliphatic rings. The molecule has 2 nitrogen and oxygen atoms in total. The molecule has 1 heterocycles. The molecule has 0 aliphatic carbocycles. The third kappa shape index (κ3) is 1.23. The van der Waals surface area contributed by atoms with Crippen LogP contribution >= 0.6 is 0 Å². The van der Waals surface area contributed by atoms with Gasteiger partial charge >= 0.3 is 0 Å². The van der Waals surface area contributed by atoms with Crippen LogP contribution in [0.1, 0.15) is 5.56 Å². The molecular formula is C14H11NO. The summed E-state index contributed by atoms with van der Waals surface area (Å²) >= 11 is 0. The molecule has 0 amide bonds. The fourth-order valence-corrected chi connectivity index (χ4v) is 2.23. The van der Waals surface area contributed by atoms with Crippen molar-refractivity contribution in [1.29, 1.82) is 0 Å². The van der Waals surface area contributed by atoms with Crippen molar-refractivity contribution in [3.8, 4) is 0 Å². The zero-order chi connectivity index (χ0) is 11.0. The van der Waals surface area contributed by atoms with Crippen LogP contribution in [0.5, 0.6) is 0 Å². The van der Waals surface area contributed by atoms with E-state index in [1.165, 1.54) is 16.2 Å². The maximum Gasteiger partial charge on any atom is 0.124 e. The van der Waals surface area contributed by atoms with Crippen molar-refractivity contribution >= 4 is 28.0 Å². The van der Waals surface area contributed by atoms with Gasteiger partial charge in [0.05, 0.1) is 0 Å². The molecule has 3 aromatic rings. The van der Waals surface area contributed by atoms with Crippen molar-refractivity contribution in [2.24, 2.45) is 0 Å². The van der Waals surface area contributed by atoms with Gasteiger partial charge in [0.15, 0.2) is 0 Å². The van der Waals surface area contributed by atoms with Gasteiger partial charge in [0.2, 0.25) is 0 Å². The Kier molecular flexibility index (Phi) is 2.00. The molecule has 2 heteroatoms. The average molecular weight is 209 g/mol. The lowest BCUT2D eigenvalue weighted by atomic mass is 10.0. The third-order valence-electron chi connectivity index (χ3n) is 2.96. The molecule has 2 aromatic carbocycles. The predicted molar refractivity (Wildman–Crippen MR) is 65.6 cm³/mol. The van der Waals surface area contributed by atoms with E-state index in [0.717, 1.165) is 17.4 Å². The number of hydrogen-bond acceptors (Lipinski definition) is 1. The average Bonchev–Trinajstić information content (AvgIpc) is 2.73. The van der Waals surface area contributed by atoms with Gasteiger partial charge in [-0.25, -0.2) is 0 Å². The van der Waals surface area contributed by atoms with Gasteiger partial charge in [-0.05, 0) is 22.4 Å². The van der Waals surface area contributed by atoms with Crippen molar-refractivity contribution in [1.82, 2.24) is 4.98 Å². The second-order valence-electron chi connectivity index (χ2n) is 3.89. The minimum atomic E-state index is 0.466. The Morgan fingerprint density at radius 1 is 1.12 bits per heavy atom. The smallest absolute Gasteiger partial charge is 0.124 e. The number of aldehydes is 1. The molecule has 1 aromatic heterocycles. The van der Waals surface area contributed by atoms with Crippen molar-refractivity contribution in [3.63, 3.8) is 0 Å². The first kappa shape index (κ1) is 9.16. The van der Waals surface area contributed by atoms with E-state index in [0.29, 0.717) is 6.42 Å². The summed E-state index contributed by atoms with van der Waals surface area (Å²) in [6.07, 6.45) is 3.34. The van der Waals surface area contributed by atoms with Crippen LogP contribution < -0.4 is 0 Å². The molecule has 0 unspecified atom stereocenters. The maximum absolute atomic E-state index is 10.6. The van der Waals surface area contributed by atoms with Gasteiger partial charge in [-0.3, -0.25) is 0 Å². The molecule has 3 rings (SSSR count). The van der Waals surface area contributed by atoms with Crippen LogP contribution in [0, 0.1) is 0 Å². The minimum absolute atomic E-state index is 0.466. The number of nitrogens with one attached hydrogen (secondary N) is 1. The normalized spacial score (nSPS) is 11.0. The lowest BCUT2D eigenvalue weighted by Crippen LogP contribution is -1.83. The van der Waals surface area contributed by atoms with E-state index in [1.54, 1.807) is 0 Å². The Bertz CT molecular complexity index is 667. The summed E-state index contributed by atoms with van der Waals surface area (Å²) in [5.41, 5.74) is 2.16. The van der Waals surface area contributed by atoms with Crippen molar-refractivity contribution in [2.45, 2.75) is 6.42 Å². The number of aromatic nitrogens is 1. The molecule has 16 heavy (non-hydrogen) atoms. The predicted octanol–water partition coefficient (Wildman–Crippen LogP) is 3.06. The van der Waals surface area contributed by atoms with E-state index in [9.17, 15) is 4.79 Å². The monoisotopic (exact) mass is 209 g/mol. The lowest BCUT2D eigenvalue weighted by Gasteiger charge is -2.00. The second-order valence-corrected chi connectivity index (χ2v) is 3.89. The molecule has 78 valence electrons. The summed E-state index contributed by atoms with van der Waals surface area (Å²) in [6.45, 7) is 0. The Labute approximate surface area is 92.9 Å². The van der Waals surface area contributed by atoms with Crippen LogP contribution in [0.3, 0.4) is 0 Å². The number of carbonyl (C=O) groups excluding carboxylic acids is 1. The Balaban J connectivity index is 2.46. The largest absolute Gasteiger partial charge is 0.361 e. The number of rotatable bonds is 2. The summed E-state index contributed by atoms with van der Waals surface area (Å²) in [5, 5.41) is 3.59. The molecule has 0 spiro atoms. The summed E-state index contributed by atoms with van der Waals surface area (Å²) in [7, 11) is 0. The third-order valence-corrected chi connectivity index (χ3v) is 2.96. The quantitative estimate of drug-likeness (QED) is 0.646. The second kappa shape index (κ2) is 3.49. The Morgan fingerprint density at radius 2 is 2.00 bits per heavy atom. The topological polar surface area (TPSA) is 32.9 Å². The summed E-state index contributed by atoms with van der Waals surface area (Å²) < 4.78 is 0. The van der Waals surface area contributed by atoms with Crippen LogP contribution in [-0.4, -0.2) is 11.3 Å². The molecular weight excluding hydrogens is 198 g/mol. The Morgan fingerprint density at radius 3 is 2.88 bits per heavy atom. The molecule has 0 saturated carbocycles. The molecule has 1 N–H and O–H groups in total. The molecule has 0 aliphatic heterocycles. The van der Waals surface area contributed by atoms with E-state index in [2.05, 4.69) is 29.2 Å². The summed E-state index contributed by atoms with van der Waals surface area (Å²) in [4.78, 5) is 13.8. The van der Waals surface area contributed by atoms with Crippen LogP contribution in [0.2, 0.25) is 0 Å². The van der Waals surface area contributed by atoms with Crippen LogP contribution in [0.15, 0.2) is 42.6 Å². The number of aromatic amines is 1. The van der Waals surface area contributed by atoms with E-state index in [1.807, 2.05) is 18.3 Å². The fourth-order valence-electron chi connectivity index (χ4n) is 2.23.